The van der Waals surface area contributed by atoms with Crippen molar-refractivity contribution in [1.29, 1.82) is 0 Å². The Morgan fingerprint density at radius 1 is 0.589 bits per heavy atom. The Bertz CT molecular complexity index is 3700. The number of nitrogen functional groups attached to an aromatic ring is 2. The number of alkyl halides is 6. The fraction of sp³-hybridized carbons (Fsp3) is 0.120. The van der Waals surface area contributed by atoms with Crippen LogP contribution in [0.5, 0.6) is 0 Å². The first-order chi connectivity index (χ1) is 34.7. The minimum Gasteiger partial charge on any atom is -0.478 e. The van der Waals surface area contributed by atoms with E-state index in [1.165, 1.54) is 36.8 Å². The quantitative estimate of drug-likeness (QED) is 0.0851. The molecule has 0 bridgehead atoms. The van der Waals surface area contributed by atoms with Crippen LogP contribution in [0.1, 0.15) is 66.0 Å². The zero-order valence-electron chi connectivity index (χ0n) is 37.6. The number of carbonyl (C=O) groups is 2. The monoisotopic (exact) mass is 1040 g/mol. The highest BCUT2D eigenvalue weighted by Crippen LogP contribution is 2.33. The molecule has 10 rings (SSSR count). The minimum atomic E-state index is -4.66. The maximum Gasteiger partial charge on any atom is 0.450 e. The molecule has 0 spiro atoms. The third-order valence-corrected chi connectivity index (χ3v) is 11.4. The molecule has 0 aliphatic rings. The topological polar surface area (TPSA) is 231 Å². The lowest BCUT2D eigenvalue weighted by atomic mass is 10.0. The number of hydrogen-bond donors (Lipinski definition) is 5. The number of rotatable bonds is 9. The molecule has 0 aliphatic heterocycles. The molecule has 23 heteroatoms. The van der Waals surface area contributed by atoms with Gasteiger partial charge in [-0.3, -0.25) is 33.5 Å². The lowest BCUT2D eigenvalue weighted by Crippen LogP contribution is -2.23. The molecule has 73 heavy (non-hydrogen) atoms. The van der Waals surface area contributed by atoms with Gasteiger partial charge in [-0.15, -0.1) is 0 Å². The van der Waals surface area contributed by atoms with Crippen LogP contribution >= 0.6 is 23.2 Å². The third-order valence-electron chi connectivity index (χ3n) is 11.0. The zero-order chi connectivity index (χ0) is 52.2. The van der Waals surface area contributed by atoms with Gasteiger partial charge in [0.05, 0.1) is 37.7 Å². The number of pyridine rings is 6. The smallest absolute Gasteiger partial charge is 0.450 e. The second kappa shape index (κ2) is 21.1. The summed E-state index contributed by atoms with van der Waals surface area (Å²) in [5.74, 6) is -3.84. The van der Waals surface area contributed by atoms with E-state index in [-0.39, 0.29) is 47.2 Å². The maximum absolute atomic E-state index is 13.3. The van der Waals surface area contributed by atoms with Crippen molar-refractivity contribution in [2.75, 3.05) is 11.5 Å². The van der Waals surface area contributed by atoms with Crippen molar-refractivity contribution in [3.05, 3.63) is 201 Å². The molecule has 1 amide bonds. The normalized spacial score (nSPS) is 11.6. The molecule has 8 N–H and O–H groups in total. The molecule has 0 unspecified atom stereocenters. The number of imidazole rings is 2. The SMILES string of the molecule is NCc1ccc2c(N)nc(C(F)(F)F)n2c1.Nc1nc(C(F)(F)F)n2cc(CNC(=O)c3ccnc(Cc4ccc5ncc(Cl)cc5c4)c3)ccc12.O=C(O)c1ccnc(Cc2ccc3ncc(Cl)cc3c2)c1. The molecule has 0 radical (unpaired) electrons. The van der Waals surface area contributed by atoms with Gasteiger partial charge in [0.1, 0.15) is 11.6 Å². The van der Waals surface area contributed by atoms with Crippen LogP contribution in [-0.4, -0.2) is 55.7 Å². The first kappa shape index (κ1) is 51.0. The molecule has 0 saturated carbocycles. The molecule has 10 aromatic rings. The minimum absolute atomic E-state index is 0.0141. The number of hydrogen-bond acceptors (Lipinski definition) is 11. The van der Waals surface area contributed by atoms with Gasteiger partial charge in [0.2, 0.25) is 11.6 Å². The maximum atomic E-state index is 13.3. The Labute approximate surface area is 419 Å². The molecule has 0 fully saturated rings. The Morgan fingerprint density at radius 3 is 1.52 bits per heavy atom. The van der Waals surface area contributed by atoms with E-state index in [1.54, 1.807) is 48.9 Å². The predicted octanol–water partition coefficient (Wildman–Crippen LogP) is 10.0. The number of nitrogens with one attached hydrogen (secondary N) is 1. The van der Waals surface area contributed by atoms with Gasteiger partial charge >= 0.3 is 18.3 Å². The summed E-state index contributed by atoms with van der Waals surface area (Å²) < 4.78 is 79.4. The van der Waals surface area contributed by atoms with E-state index in [9.17, 15) is 35.9 Å². The van der Waals surface area contributed by atoms with E-state index in [0.29, 0.717) is 51.0 Å². The summed E-state index contributed by atoms with van der Waals surface area (Å²) in [6.45, 7) is 0.172. The summed E-state index contributed by atoms with van der Waals surface area (Å²) in [7, 11) is 0. The standard InChI is InChI=1S/C25H18ClF3N6O.C16H11ClN2O2.C9H9F3N4/c26-18-9-17-7-14(1-3-20(17)32-12-18)8-19-10-16(5-6-31-19)23(36)33-11-15-2-4-21-22(30)34-24(25(27,28)29)35(21)13-15;17-13-7-12-5-10(1-2-15(12)19-9-13)6-14-8-11(16(20)21)3-4-18-14;10-9(11,12)8-15-7(14)6-2-1-5(3-13)4-16(6)8/h1-7,9-10,12-13H,8,11,30H2,(H,33,36);1-5,7-9H,6H2,(H,20,21);1-2,4H,3,13-14H2. The largest absolute Gasteiger partial charge is 0.478 e. The van der Waals surface area contributed by atoms with Crippen molar-refractivity contribution in [3.8, 4) is 0 Å². The van der Waals surface area contributed by atoms with Gasteiger partial charge in [0.25, 0.3) is 5.91 Å². The van der Waals surface area contributed by atoms with Crippen LogP contribution in [0.4, 0.5) is 38.0 Å². The highest BCUT2D eigenvalue weighted by Gasteiger charge is 2.38. The van der Waals surface area contributed by atoms with Crippen molar-refractivity contribution in [3.63, 3.8) is 0 Å². The molecule has 0 atom stereocenters. The summed E-state index contributed by atoms with van der Waals surface area (Å²) in [6, 6.07) is 27.8. The van der Waals surface area contributed by atoms with E-state index in [4.69, 9.17) is 45.5 Å². The van der Waals surface area contributed by atoms with Crippen LogP contribution in [0.2, 0.25) is 10.0 Å². The zero-order valence-corrected chi connectivity index (χ0v) is 39.1. The Hall–Kier alpha value is -8.40. The highest BCUT2D eigenvalue weighted by molar-refractivity contribution is 6.31. The second-order valence-corrected chi connectivity index (χ2v) is 17.1. The van der Waals surface area contributed by atoms with Crippen LogP contribution in [0.3, 0.4) is 0 Å². The Morgan fingerprint density at radius 2 is 1.04 bits per heavy atom. The van der Waals surface area contributed by atoms with Crippen LogP contribution in [0, 0.1) is 0 Å². The number of anilines is 2. The van der Waals surface area contributed by atoms with Crippen LogP contribution in [0.25, 0.3) is 32.8 Å². The van der Waals surface area contributed by atoms with Gasteiger partial charge < -0.3 is 27.6 Å². The number of carbonyl (C=O) groups excluding carboxylic acids is 1. The number of aromatic carboxylic acids is 1. The summed E-state index contributed by atoms with van der Waals surface area (Å²) in [6.07, 6.45) is 0.663. The predicted molar refractivity (Wildman–Crippen MR) is 263 cm³/mol. The van der Waals surface area contributed by atoms with Crippen LogP contribution < -0.4 is 22.5 Å². The van der Waals surface area contributed by atoms with Crippen LogP contribution in [0.15, 0.2) is 134 Å². The van der Waals surface area contributed by atoms with Gasteiger partial charge in [0, 0.05) is 90.8 Å². The van der Waals surface area contributed by atoms with Crippen LogP contribution in [-0.2, 0) is 38.3 Å². The van der Waals surface area contributed by atoms with Gasteiger partial charge in [0.15, 0.2) is 0 Å². The van der Waals surface area contributed by atoms with Gasteiger partial charge in [-0.05, 0) is 95.1 Å². The summed E-state index contributed by atoms with van der Waals surface area (Å²) in [5, 5.41) is 14.7. The third kappa shape index (κ3) is 12.2. The molecule has 372 valence electrons. The average Bonchev–Trinajstić information content (AvgIpc) is 3.89. The highest BCUT2D eigenvalue weighted by atomic mass is 35.5. The lowest BCUT2D eigenvalue weighted by Gasteiger charge is -2.09. The van der Waals surface area contributed by atoms with Crippen molar-refractivity contribution < 1.29 is 41.0 Å². The van der Waals surface area contributed by atoms with E-state index >= 15 is 0 Å². The van der Waals surface area contributed by atoms with Gasteiger partial charge in [-0.1, -0.05) is 47.5 Å². The fourth-order valence-corrected chi connectivity index (χ4v) is 7.92. The number of nitrogens with zero attached hydrogens (tertiary/aromatic N) is 8. The molecule has 0 aliphatic carbocycles. The number of benzene rings is 2. The van der Waals surface area contributed by atoms with E-state index < -0.39 is 30.0 Å². The summed E-state index contributed by atoms with van der Waals surface area (Å²) in [5.41, 5.74) is 23.5. The molecule has 8 aromatic heterocycles. The van der Waals surface area contributed by atoms with E-state index in [2.05, 4.69) is 35.2 Å². The number of halogens is 8. The second-order valence-electron chi connectivity index (χ2n) is 16.2. The fourth-order valence-electron chi connectivity index (χ4n) is 7.59. The van der Waals surface area contributed by atoms with Gasteiger partial charge in [-0.2, -0.15) is 26.3 Å². The number of aromatic nitrogens is 8. The molecular formula is C50H38Cl2F6N12O3. The first-order valence-electron chi connectivity index (χ1n) is 21.6. The molecule has 8 heterocycles. The number of carboxylic acids is 1. The average molecular weight is 1040 g/mol. The Kier molecular flexibility index (Phi) is 14.8. The van der Waals surface area contributed by atoms with Gasteiger partial charge in [-0.25, -0.2) is 14.8 Å². The first-order valence-corrected chi connectivity index (χ1v) is 22.3. The van der Waals surface area contributed by atoms with Crippen molar-refractivity contribution in [1.82, 2.24) is 44.0 Å². The number of amides is 1. The lowest BCUT2D eigenvalue weighted by molar-refractivity contribution is -0.146. The summed E-state index contributed by atoms with van der Waals surface area (Å²) in [4.78, 5) is 47.5. The molecule has 0 saturated heterocycles. The number of nitrogens with two attached hydrogens (primary N) is 3. The summed E-state index contributed by atoms with van der Waals surface area (Å²) >= 11 is 12.0. The molecular weight excluding hydrogens is 1000 g/mol. The number of fused-ring (bicyclic) bond motifs is 4. The van der Waals surface area contributed by atoms with Crippen molar-refractivity contribution >= 4 is 79.6 Å². The molecule has 15 nitrogen and oxygen atoms in total. The van der Waals surface area contributed by atoms with E-state index in [1.807, 2.05) is 48.5 Å². The Balaban J connectivity index is 0.000000162. The van der Waals surface area contributed by atoms with E-state index in [0.717, 1.165) is 41.7 Å². The van der Waals surface area contributed by atoms with Crippen molar-refractivity contribution in [2.45, 2.75) is 38.3 Å². The molecule has 2 aromatic carbocycles. The number of carboxylic acid groups (broad SMARTS) is 1. The van der Waals surface area contributed by atoms with Crippen molar-refractivity contribution in [2.24, 2.45) is 5.73 Å².